The van der Waals surface area contributed by atoms with Crippen molar-refractivity contribution in [3.63, 3.8) is 0 Å². The van der Waals surface area contributed by atoms with E-state index in [1.165, 1.54) is 5.56 Å². The molecule has 31 heavy (non-hydrogen) atoms. The van der Waals surface area contributed by atoms with Gasteiger partial charge in [0.1, 0.15) is 0 Å². The summed E-state index contributed by atoms with van der Waals surface area (Å²) in [6, 6.07) is 10.3. The Hall–Kier alpha value is -1.88. The number of benzene rings is 1. The van der Waals surface area contributed by atoms with Crippen LogP contribution in [0, 0.1) is 16.7 Å². The van der Waals surface area contributed by atoms with Crippen LogP contribution in [-0.4, -0.2) is 72.3 Å². The highest BCUT2D eigenvalue weighted by molar-refractivity contribution is 5.87. The first kappa shape index (κ1) is 22.3. The average molecular weight is 426 g/mol. The molecule has 0 radical (unpaired) electrons. The monoisotopic (exact) mass is 425 g/mol. The van der Waals surface area contributed by atoms with E-state index in [1.807, 2.05) is 18.2 Å². The van der Waals surface area contributed by atoms with Crippen molar-refractivity contribution < 1.29 is 9.59 Å². The molecule has 1 unspecified atom stereocenters. The molecule has 1 aromatic carbocycles. The number of amides is 2. The van der Waals surface area contributed by atoms with Gasteiger partial charge in [-0.25, -0.2) is 0 Å². The van der Waals surface area contributed by atoms with E-state index in [9.17, 15) is 9.59 Å². The molecule has 3 saturated heterocycles. The summed E-state index contributed by atoms with van der Waals surface area (Å²) in [4.78, 5) is 33.1. The quantitative estimate of drug-likeness (QED) is 0.701. The molecule has 3 aliphatic rings. The van der Waals surface area contributed by atoms with Crippen LogP contribution in [0.25, 0.3) is 0 Å². The molecule has 5 heteroatoms. The average Bonchev–Trinajstić information content (AvgIpc) is 3.24. The topological polar surface area (TPSA) is 43.9 Å². The molecule has 3 aliphatic heterocycles. The third-order valence-electron chi connectivity index (χ3n) is 8.09. The summed E-state index contributed by atoms with van der Waals surface area (Å²) < 4.78 is 0. The van der Waals surface area contributed by atoms with Gasteiger partial charge in [0.25, 0.3) is 0 Å². The van der Waals surface area contributed by atoms with Gasteiger partial charge in [-0.15, -0.1) is 0 Å². The Morgan fingerprint density at radius 3 is 2.35 bits per heavy atom. The maximum atomic E-state index is 13.6. The molecule has 1 atom stereocenters. The maximum absolute atomic E-state index is 13.6. The first-order valence-electron chi connectivity index (χ1n) is 12.2. The molecular weight excluding hydrogens is 386 g/mol. The van der Waals surface area contributed by atoms with Crippen LogP contribution in [-0.2, 0) is 16.0 Å². The number of carbonyl (C=O) groups is 2. The van der Waals surface area contributed by atoms with Crippen molar-refractivity contribution in [2.45, 2.75) is 52.9 Å². The molecule has 4 rings (SSSR count). The number of aryl methyl sites for hydroxylation is 1. The third-order valence-corrected chi connectivity index (χ3v) is 8.09. The van der Waals surface area contributed by atoms with E-state index >= 15 is 0 Å². The smallest absolute Gasteiger partial charge is 0.230 e. The first-order valence-corrected chi connectivity index (χ1v) is 12.2. The van der Waals surface area contributed by atoms with E-state index in [-0.39, 0.29) is 16.7 Å². The van der Waals surface area contributed by atoms with Crippen molar-refractivity contribution in [3.8, 4) is 0 Å². The van der Waals surface area contributed by atoms with Gasteiger partial charge in [0.05, 0.1) is 5.41 Å². The van der Waals surface area contributed by atoms with Crippen LogP contribution >= 0.6 is 0 Å². The minimum absolute atomic E-state index is 0.0269. The summed E-state index contributed by atoms with van der Waals surface area (Å²) in [6.45, 7) is 12.9. The van der Waals surface area contributed by atoms with E-state index in [2.05, 4.69) is 47.6 Å². The highest BCUT2D eigenvalue weighted by Gasteiger charge is 2.64. The lowest BCUT2D eigenvalue weighted by Gasteiger charge is -2.47. The molecule has 0 aliphatic carbocycles. The second-order valence-electron chi connectivity index (χ2n) is 10.4. The highest BCUT2D eigenvalue weighted by atomic mass is 16.2. The number of nitrogens with zero attached hydrogens (tertiary/aromatic N) is 3. The highest BCUT2D eigenvalue weighted by Crippen LogP contribution is 2.57. The second-order valence-corrected chi connectivity index (χ2v) is 10.4. The molecule has 0 aromatic heterocycles. The van der Waals surface area contributed by atoms with Crippen molar-refractivity contribution in [3.05, 3.63) is 35.9 Å². The zero-order chi connectivity index (χ0) is 22.1. The number of rotatable bonds is 6. The fourth-order valence-electron chi connectivity index (χ4n) is 6.48. The predicted octanol–water partition coefficient (Wildman–Crippen LogP) is 3.44. The van der Waals surface area contributed by atoms with Crippen molar-refractivity contribution in [1.82, 2.24) is 14.7 Å². The zero-order valence-corrected chi connectivity index (χ0v) is 19.6. The van der Waals surface area contributed by atoms with Gasteiger partial charge in [-0.05, 0) is 44.1 Å². The number of fused-ring (bicyclic) bond motifs is 1. The standard InChI is InChI=1S/C26H39N3O2/c1-4-28-17-14-26(24(28)31)20-27(18-21(2)3)19-25(26)12-15-29(16-13-25)23(30)11-10-22-8-6-5-7-9-22/h5-9,21H,4,10-20H2,1-3H3. The largest absolute Gasteiger partial charge is 0.343 e. The van der Waals surface area contributed by atoms with E-state index in [0.29, 0.717) is 18.2 Å². The van der Waals surface area contributed by atoms with Gasteiger partial charge >= 0.3 is 0 Å². The van der Waals surface area contributed by atoms with Crippen LogP contribution in [0.5, 0.6) is 0 Å². The van der Waals surface area contributed by atoms with Gasteiger partial charge < -0.3 is 14.7 Å². The number of hydrogen-bond donors (Lipinski definition) is 0. The van der Waals surface area contributed by atoms with Crippen molar-refractivity contribution >= 4 is 11.8 Å². The Bertz CT molecular complexity index is 785. The van der Waals surface area contributed by atoms with Gasteiger partial charge in [0, 0.05) is 57.6 Å². The molecule has 3 heterocycles. The molecule has 0 saturated carbocycles. The van der Waals surface area contributed by atoms with E-state index in [1.54, 1.807) is 0 Å². The molecule has 1 aromatic rings. The van der Waals surface area contributed by atoms with Crippen LogP contribution in [0.2, 0.25) is 0 Å². The summed E-state index contributed by atoms with van der Waals surface area (Å²) in [5.74, 6) is 1.24. The van der Waals surface area contributed by atoms with Crippen LogP contribution in [0.15, 0.2) is 30.3 Å². The third kappa shape index (κ3) is 4.13. The predicted molar refractivity (Wildman–Crippen MR) is 124 cm³/mol. The summed E-state index contributed by atoms with van der Waals surface area (Å²) >= 11 is 0. The Labute approximate surface area is 187 Å². The first-order chi connectivity index (χ1) is 14.9. The van der Waals surface area contributed by atoms with Gasteiger partial charge in [-0.2, -0.15) is 0 Å². The fourth-order valence-corrected chi connectivity index (χ4v) is 6.48. The van der Waals surface area contributed by atoms with E-state index in [0.717, 1.165) is 71.5 Å². The molecule has 0 N–H and O–H groups in total. The fraction of sp³-hybridized carbons (Fsp3) is 0.692. The van der Waals surface area contributed by atoms with Gasteiger partial charge in [-0.3, -0.25) is 9.59 Å². The normalized spacial score (nSPS) is 26.0. The summed E-state index contributed by atoms with van der Waals surface area (Å²) in [5, 5.41) is 0. The van der Waals surface area contributed by atoms with Crippen LogP contribution < -0.4 is 0 Å². The van der Waals surface area contributed by atoms with Crippen molar-refractivity contribution in [2.24, 2.45) is 16.7 Å². The number of carbonyl (C=O) groups excluding carboxylic acids is 2. The molecule has 3 fully saturated rings. The lowest BCUT2D eigenvalue weighted by atomic mass is 9.60. The minimum atomic E-state index is -0.239. The minimum Gasteiger partial charge on any atom is -0.343 e. The van der Waals surface area contributed by atoms with Gasteiger partial charge in [-0.1, -0.05) is 44.2 Å². The van der Waals surface area contributed by atoms with Crippen LogP contribution in [0.4, 0.5) is 0 Å². The van der Waals surface area contributed by atoms with E-state index in [4.69, 9.17) is 0 Å². The lowest BCUT2D eigenvalue weighted by Crippen LogP contribution is -2.53. The molecule has 170 valence electrons. The van der Waals surface area contributed by atoms with E-state index < -0.39 is 0 Å². The van der Waals surface area contributed by atoms with Crippen LogP contribution in [0.3, 0.4) is 0 Å². The summed E-state index contributed by atoms with van der Waals surface area (Å²) in [7, 11) is 0. The molecule has 0 bridgehead atoms. The second kappa shape index (κ2) is 8.93. The Balaban J connectivity index is 1.44. The SMILES string of the molecule is CCN1CCC2(CN(CC(C)C)CC23CCN(C(=O)CCc2ccccc2)CC3)C1=O. The van der Waals surface area contributed by atoms with Gasteiger partial charge in [0.15, 0.2) is 0 Å². The summed E-state index contributed by atoms with van der Waals surface area (Å²) in [6.07, 6.45) is 4.28. The Morgan fingerprint density at radius 1 is 1.03 bits per heavy atom. The molecular formula is C26H39N3O2. The van der Waals surface area contributed by atoms with Crippen molar-refractivity contribution in [2.75, 3.05) is 45.8 Å². The molecule has 2 spiro atoms. The molecule has 2 amide bonds. The Kier molecular flexibility index (Phi) is 6.43. The number of hydrogen-bond acceptors (Lipinski definition) is 3. The number of likely N-dealkylation sites (tertiary alicyclic amines) is 3. The van der Waals surface area contributed by atoms with Crippen molar-refractivity contribution in [1.29, 1.82) is 0 Å². The number of piperidine rings is 1. The maximum Gasteiger partial charge on any atom is 0.230 e. The Morgan fingerprint density at radius 2 is 1.74 bits per heavy atom. The lowest BCUT2D eigenvalue weighted by molar-refractivity contribution is -0.144. The summed E-state index contributed by atoms with van der Waals surface area (Å²) in [5.41, 5.74) is 1.01. The molecule has 5 nitrogen and oxygen atoms in total. The van der Waals surface area contributed by atoms with Crippen LogP contribution in [0.1, 0.15) is 52.0 Å². The van der Waals surface area contributed by atoms with Gasteiger partial charge in [0.2, 0.25) is 11.8 Å². The zero-order valence-electron chi connectivity index (χ0n) is 19.6.